The van der Waals surface area contributed by atoms with E-state index in [0.29, 0.717) is 5.92 Å². The Kier molecular flexibility index (Phi) is 3.89. The molecule has 0 bridgehead atoms. The first kappa shape index (κ1) is 15.4. The minimum absolute atomic E-state index is 0.473. The predicted octanol–water partition coefficient (Wildman–Crippen LogP) is 4.14. The van der Waals surface area contributed by atoms with Gasteiger partial charge < -0.3 is 9.47 Å². The molecule has 3 nitrogen and oxygen atoms in total. The average molecular weight is 319 g/mol. The Morgan fingerprint density at radius 1 is 1.17 bits per heavy atom. The van der Waals surface area contributed by atoms with Crippen molar-refractivity contribution in [3.63, 3.8) is 0 Å². The zero-order valence-corrected chi connectivity index (χ0v) is 14.8. The highest BCUT2D eigenvalue weighted by Crippen LogP contribution is 2.33. The highest BCUT2D eigenvalue weighted by Gasteiger charge is 2.23. The minimum atomic E-state index is 0.473. The third-order valence-corrected chi connectivity index (χ3v) is 5.34. The fourth-order valence-electron chi connectivity index (χ4n) is 3.97. The van der Waals surface area contributed by atoms with Crippen molar-refractivity contribution >= 4 is 10.9 Å². The van der Waals surface area contributed by atoms with Crippen LogP contribution in [0.2, 0.25) is 0 Å². The molecule has 1 aliphatic rings. The van der Waals surface area contributed by atoms with Crippen LogP contribution < -0.4 is 0 Å². The number of aryl methyl sites for hydroxylation is 1. The minimum Gasteiger partial charge on any atom is -0.342 e. The van der Waals surface area contributed by atoms with Gasteiger partial charge in [-0.25, -0.2) is 0 Å². The van der Waals surface area contributed by atoms with E-state index in [4.69, 9.17) is 0 Å². The van der Waals surface area contributed by atoms with Crippen LogP contribution in [0.3, 0.4) is 0 Å². The normalized spacial score (nSPS) is 16.3. The summed E-state index contributed by atoms with van der Waals surface area (Å²) in [5, 5.41) is 1.46. The number of likely N-dealkylation sites (N-methyl/N-ethyl adjacent to an activating group) is 1. The Bertz CT molecular complexity index is 864. The van der Waals surface area contributed by atoms with Crippen LogP contribution in [0.1, 0.15) is 35.2 Å². The second-order valence-corrected chi connectivity index (χ2v) is 7.23. The van der Waals surface area contributed by atoms with Gasteiger partial charge in [0.25, 0.3) is 0 Å². The zero-order valence-electron chi connectivity index (χ0n) is 14.8. The Balaban J connectivity index is 1.81. The second kappa shape index (κ2) is 6.06. The molecule has 0 N–H and O–H groups in total. The molecule has 1 aromatic carbocycles. The fourth-order valence-corrected chi connectivity index (χ4v) is 3.97. The first-order valence-electron chi connectivity index (χ1n) is 8.82. The lowest BCUT2D eigenvalue weighted by Crippen LogP contribution is -2.28. The molecule has 1 aliphatic heterocycles. The van der Waals surface area contributed by atoms with E-state index >= 15 is 0 Å². The van der Waals surface area contributed by atoms with Gasteiger partial charge in [0.2, 0.25) is 0 Å². The predicted molar refractivity (Wildman–Crippen MR) is 99.4 cm³/mol. The highest BCUT2D eigenvalue weighted by atomic mass is 15.1. The Morgan fingerprint density at radius 3 is 2.75 bits per heavy atom. The number of rotatable bonds is 3. The largest absolute Gasteiger partial charge is 0.342 e. The molecule has 1 atom stereocenters. The van der Waals surface area contributed by atoms with Crippen molar-refractivity contribution in [2.45, 2.75) is 39.3 Å². The quantitative estimate of drug-likeness (QED) is 0.723. The van der Waals surface area contributed by atoms with Crippen molar-refractivity contribution in [3.8, 4) is 0 Å². The first-order valence-corrected chi connectivity index (χ1v) is 8.82. The molecule has 1 unspecified atom stereocenters. The molecule has 3 aromatic rings. The lowest BCUT2D eigenvalue weighted by atomic mass is 10.0. The summed E-state index contributed by atoms with van der Waals surface area (Å²) in [6, 6.07) is 11.2. The molecule has 0 saturated heterocycles. The molecule has 3 heterocycles. The zero-order chi connectivity index (χ0) is 16.7. The molecule has 0 aliphatic carbocycles. The summed E-state index contributed by atoms with van der Waals surface area (Å²) in [4.78, 5) is 6.58. The summed E-state index contributed by atoms with van der Waals surface area (Å²) in [5.74, 6) is 0.473. The van der Waals surface area contributed by atoms with Crippen LogP contribution in [0.4, 0.5) is 0 Å². The van der Waals surface area contributed by atoms with Gasteiger partial charge in [0.1, 0.15) is 0 Å². The van der Waals surface area contributed by atoms with Crippen molar-refractivity contribution < 1.29 is 0 Å². The molecule has 2 aromatic heterocycles. The number of hydrogen-bond acceptors (Lipinski definition) is 2. The van der Waals surface area contributed by atoms with E-state index in [1.165, 1.54) is 27.7 Å². The molecule has 3 heteroatoms. The molecule has 0 spiro atoms. The van der Waals surface area contributed by atoms with E-state index in [0.717, 1.165) is 26.1 Å². The molecule has 0 fully saturated rings. The van der Waals surface area contributed by atoms with Gasteiger partial charge >= 0.3 is 0 Å². The van der Waals surface area contributed by atoms with Gasteiger partial charge in [-0.05, 0) is 61.7 Å². The lowest BCUT2D eigenvalue weighted by molar-refractivity contribution is 0.302. The second-order valence-electron chi connectivity index (χ2n) is 7.23. The van der Waals surface area contributed by atoms with E-state index in [2.05, 4.69) is 65.7 Å². The van der Waals surface area contributed by atoms with Gasteiger partial charge in [-0.3, -0.25) is 4.98 Å². The van der Waals surface area contributed by atoms with Gasteiger partial charge in [0.15, 0.2) is 0 Å². The van der Waals surface area contributed by atoms with Crippen LogP contribution in [-0.2, 0) is 19.5 Å². The summed E-state index contributed by atoms with van der Waals surface area (Å²) in [6.07, 6.45) is 4.95. The van der Waals surface area contributed by atoms with E-state index in [-0.39, 0.29) is 0 Å². The number of nitrogens with zero attached hydrogens (tertiary/aromatic N) is 3. The number of benzene rings is 1. The van der Waals surface area contributed by atoms with Gasteiger partial charge in [-0.15, -0.1) is 0 Å². The van der Waals surface area contributed by atoms with Crippen molar-refractivity contribution in [3.05, 3.63) is 65.1 Å². The van der Waals surface area contributed by atoms with Crippen LogP contribution in [0.15, 0.2) is 42.7 Å². The molecular weight excluding hydrogens is 294 g/mol. The third kappa shape index (κ3) is 2.63. The van der Waals surface area contributed by atoms with Gasteiger partial charge in [-0.2, -0.15) is 0 Å². The van der Waals surface area contributed by atoms with Crippen molar-refractivity contribution in [2.75, 3.05) is 13.6 Å². The molecule has 24 heavy (non-hydrogen) atoms. The van der Waals surface area contributed by atoms with Crippen LogP contribution in [0.25, 0.3) is 10.9 Å². The Hall–Kier alpha value is -2.13. The van der Waals surface area contributed by atoms with E-state index in [1.54, 1.807) is 5.56 Å². The summed E-state index contributed by atoms with van der Waals surface area (Å²) in [5.41, 5.74) is 7.17. The molecule has 0 amide bonds. The molecule has 4 rings (SSSR count). The van der Waals surface area contributed by atoms with Crippen LogP contribution in [0.5, 0.6) is 0 Å². The van der Waals surface area contributed by atoms with Crippen LogP contribution >= 0.6 is 0 Å². The monoisotopic (exact) mass is 319 g/mol. The van der Waals surface area contributed by atoms with E-state index in [9.17, 15) is 0 Å². The molecular formula is C21H25N3. The van der Waals surface area contributed by atoms with Crippen LogP contribution in [-0.4, -0.2) is 28.0 Å². The maximum Gasteiger partial charge on any atom is 0.0486 e. The molecule has 0 radical (unpaired) electrons. The summed E-state index contributed by atoms with van der Waals surface area (Å²) < 4.78 is 2.56. The maximum absolute atomic E-state index is 4.15. The molecule has 124 valence electrons. The summed E-state index contributed by atoms with van der Waals surface area (Å²) in [6.45, 7) is 7.73. The number of pyridine rings is 1. The van der Waals surface area contributed by atoms with Gasteiger partial charge in [-0.1, -0.05) is 18.6 Å². The number of aromatic nitrogens is 2. The molecule has 0 saturated carbocycles. The Labute approximate surface area is 143 Å². The summed E-state index contributed by atoms with van der Waals surface area (Å²) in [7, 11) is 2.22. The number of hydrogen-bond donors (Lipinski definition) is 0. The van der Waals surface area contributed by atoms with E-state index < -0.39 is 0 Å². The summed E-state index contributed by atoms with van der Waals surface area (Å²) >= 11 is 0. The highest BCUT2D eigenvalue weighted by molar-refractivity contribution is 5.86. The lowest BCUT2D eigenvalue weighted by Gasteiger charge is -2.25. The van der Waals surface area contributed by atoms with Crippen LogP contribution in [0, 0.1) is 6.92 Å². The SMILES string of the molecule is Cc1ccc2c(c1)c1c(n2CC(C)c2ccncc2)CN(C)CC1. The first-order chi connectivity index (χ1) is 11.6. The number of fused-ring (bicyclic) bond motifs is 3. The third-order valence-electron chi connectivity index (χ3n) is 5.34. The van der Waals surface area contributed by atoms with Gasteiger partial charge in [0.05, 0.1) is 0 Å². The maximum atomic E-state index is 4.15. The Morgan fingerprint density at radius 2 is 1.96 bits per heavy atom. The van der Waals surface area contributed by atoms with Gasteiger partial charge in [0, 0.05) is 48.6 Å². The van der Waals surface area contributed by atoms with Crippen molar-refractivity contribution in [1.29, 1.82) is 0 Å². The van der Waals surface area contributed by atoms with Crippen molar-refractivity contribution in [1.82, 2.24) is 14.5 Å². The van der Waals surface area contributed by atoms with E-state index in [1.807, 2.05) is 12.4 Å². The van der Waals surface area contributed by atoms with Crippen molar-refractivity contribution in [2.24, 2.45) is 0 Å². The standard InChI is InChI=1S/C21H25N3/c1-15-4-5-20-19(12-15)18-8-11-23(3)14-21(18)24(20)13-16(2)17-6-9-22-10-7-17/h4-7,9-10,12,16H,8,11,13-14H2,1-3H3. The fraction of sp³-hybridized carbons (Fsp3) is 0.381. The topological polar surface area (TPSA) is 21.1 Å². The smallest absolute Gasteiger partial charge is 0.0486 e. The average Bonchev–Trinajstić information content (AvgIpc) is 2.88.